The van der Waals surface area contributed by atoms with Gasteiger partial charge in [0.05, 0.1) is 0 Å². The molecule has 1 nitrogen and oxygen atoms in total. The van der Waals surface area contributed by atoms with Crippen molar-refractivity contribution in [3.63, 3.8) is 0 Å². The van der Waals surface area contributed by atoms with E-state index in [1.54, 1.807) is 6.07 Å². The molecule has 0 radical (unpaired) electrons. The fraction of sp³-hybridized carbons (Fsp3) is 0.571. The number of rotatable bonds is 5. The Morgan fingerprint density at radius 2 is 2.00 bits per heavy atom. The van der Waals surface area contributed by atoms with Gasteiger partial charge in [0.25, 0.3) is 0 Å². The molecule has 0 aromatic heterocycles. The standard InChI is InChI=1S/C14H21ClFN/c1-10(2)17-9-14(3,4)8-11-5-6-12(16)7-13(11)15/h5-7,10,17H,8-9H2,1-4H3. The van der Waals surface area contributed by atoms with Gasteiger partial charge in [-0.15, -0.1) is 0 Å². The first-order chi connectivity index (χ1) is 7.80. The van der Waals surface area contributed by atoms with Crippen LogP contribution in [-0.2, 0) is 6.42 Å². The van der Waals surface area contributed by atoms with Crippen molar-refractivity contribution in [2.24, 2.45) is 5.41 Å². The highest BCUT2D eigenvalue weighted by Gasteiger charge is 2.20. The van der Waals surface area contributed by atoms with Crippen LogP contribution in [0.3, 0.4) is 0 Å². The molecule has 0 atom stereocenters. The lowest BCUT2D eigenvalue weighted by molar-refractivity contribution is 0.325. The quantitative estimate of drug-likeness (QED) is 0.839. The molecule has 0 aliphatic heterocycles. The Labute approximate surface area is 108 Å². The average molecular weight is 258 g/mol. The maximum atomic E-state index is 12.9. The van der Waals surface area contributed by atoms with E-state index in [9.17, 15) is 4.39 Å². The first kappa shape index (κ1) is 14.5. The third-order valence-electron chi connectivity index (χ3n) is 2.67. The van der Waals surface area contributed by atoms with Gasteiger partial charge in [-0.1, -0.05) is 45.4 Å². The van der Waals surface area contributed by atoms with Crippen LogP contribution in [0.2, 0.25) is 5.02 Å². The molecule has 0 fully saturated rings. The maximum Gasteiger partial charge on any atom is 0.124 e. The van der Waals surface area contributed by atoms with Crippen LogP contribution in [0.25, 0.3) is 0 Å². The molecule has 96 valence electrons. The second-order valence-electron chi connectivity index (χ2n) is 5.61. The Balaban J connectivity index is 2.68. The maximum absolute atomic E-state index is 12.9. The molecule has 3 heteroatoms. The number of hydrogen-bond acceptors (Lipinski definition) is 1. The molecule has 0 bridgehead atoms. The average Bonchev–Trinajstić information content (AvgIpc) is 2.20. The first-order valence-electron chi connectivity index (χ1n) is 5.97. The second-order valence-corrected chi connectivity index (χ2v) is 6.02. The predicted octanol–water partition coefficient (Wildman–Crippen LogP) is 4.05. The lowest BCUT2D eigenvalue weighted by atomic mass is 9.85. The fourth-order valence-corrected chi connectivity index (χ4v) is 1.96. The summed E-state index contributed by atoms with van der Waals surface area (Å²) in [6.45, 7) is 9.53. The molecule has 0 aliphatic rings. The Bertz CT molecular complexity index is 374. The predicted molar refractivity (Wildman–Crippen MR) is 72.0 cm³/mol. The van der Waals surface area contributed by atoms with Crippen molar-refractivity contribution in [2.45, 2.75) is 40.2 Å². The summed E-state index contributed by atoms with van der Waals surface area (Å²) in [5, 5.41) is 3.94. The van der Waals surface area contributed by atoms with Gasteiger partial charge in [-0.3, -0.25) is 0 Å². The highest BCUT2D eigenvalue weighted by atomic mass is 35.5. The summed E-state index contributed by atoms with van der Waals surface area (Å²) in [6, 6.07) is 5.09. The van der Waals surface area contributed by atoms with Crippen LogP contribution >= 0.6 is 11.6 Å². The minimum absolute atomic E-state index is 0.103. The molecule has 0 amide bonds. The van der Waals surface area contributed by atoms with Gasteiger partial charge in [0.1, 0.15) is 5.82 Å². The van der Waals surface area contributed by atoms with E-state index in [0.717, 1.165) is 18.5 Å². The summed E-state index contributed by atoms with van der Waals surface area (Å²) in [4.78, 5) is 0. The SMILES string of the molecule is CC(C)NCC(C)(C)Cc1ccc(F)cc1Cl. The summed E-state index contributed by atoms with van der Waals surface area (Å²) >= 11 is 6.04. The van der Waals surface area contributed by atoms with E-state index in [1.165, 1.54) is 12.1 Å². The monoisotopic (exact) mass is 257 g/mol. The lowest BCUT2D eigenvalue weighted by Gasteiger charge is -2.27. The summed E-state index contributed by atoms with van der Waals surface area (Å²) in [5.41, 5.74) is 1.11. The van der Waals surface area contributed by atoms with Crippen molar-refractivity contribution in [3.05, 3.63) is 34.6 Å². The van der Waals surface area contributed by atoms with Crippen LogP contribution in [0.5, 0.6) is 0 Å². The summed E-state index contributed by atoms with van der Waals surface area (Å²) < 4.78 is 12.9. The molecule has 17 heavy (non-hydrogen) atoms. The van der Waals surface area contributed by atoms with E-state index in [1.807, 2.05) is 0 Å². The first-order valence-corrected chi connectivity index (χ1v) is 6.35. The van der Waals surface area contributed by atoms with Gasteiger partial charge in [0, 0.05) is 17.6 Å². The lowest BCUT2D eigenvalue weighted by Crippen LogP contribution is -2.35. The molecule has 0 unspecified atom stereocenters. The molecule has 1 N–H and O–H groups in total. The smallest absolute Gasteiger partial charge is 0.124 e. The Morgan fingerprint density at radius 1 is 1.35 bits per heavy atom. The number of halogens is 2. The van der Waals surface area contributed by atoms with E-state index in [-0.39, 0.29) is 11.2 Å². The van der Waals surface area contributed by atoms with Crippen LogP contribution < -0.4 is 5.32 Å². The molecule has 0 spiro atoms. The zero-order valence-corrected chi connectivity index (χ0v) is 11.7. The van der Waals surface area contributed by atoms with Crippen molar-refractivity contribution < 1.29 is 4.39 Å². The molecule has 1 rings (SSSR count). The van der Waals surface area contributed by atoms with Crippen molar-refractivity contribution in [1.29, 1.82) is 0 Å². The molecular weight excluding hydrogens is 237 g/mol. The number of nitrogens with one attached hydrogen (secondary N) is 1. The van der Waals surface area contributed by atoms with E-state index >= 15 is 0 Å². The minimum Gasteiger partial charge on any atom is -0.314 e. The van der Waals surface area contributed by atoms with E-state index < -0.39 is 0 Å². The van der Waals surface area contributed by atoms with Gasteiger partial charge in [-0.2, -0.15) is 0 Å². The van der Waals surface area contributed by atoms with Crippen molar-refractivity contribution in [2.75, 3.05) is 6.54 Å². The largest absolute Gasteiger partial charge is 0.314 e. The van der Waals surface area contributed by atoms with Crippen molar-refractivity contribution in [3.8, 4) is 0 Å². The summed E-state index contributed by atoms with van der Waals surface area (Å²) in [6.07, 6.45) is 0.839. The van der Waals surface area contributed by atoms with E-state index in [2.05, 4.69) is 33.0 Å². The molecule has 1 aromatic rings. The zero-order chi connectivity index (χ0) is 13.1. The Morgan fingerprint density at radius 3 is 2.53 bits per heavy atom. The Kier molecular flexibility index (Phi) is 4.96. The fourth-order valence-electron chi connectivity index (χ4n) is 1.72. The van der Waals surface area contributed by atoms with Gasteiger partial charge in [-0.05, 0) is 29.5 Å². The Hall–Kier alpha value is -0.600. The molecular formula is C14H21ClFN. The number of benzene rings is 1. The highest BCUT2D eigenvalue weighted by Crippen LogP contribution is 2.26. The van der Waals surface area contributed by atoms with Crippen LogP contribution in [0.1, 0.15) is 33.3 Å². The topological polar surface area (TPSA) is 12.0 Å². The third-order valence-corrected chi connectivity index (χ3v) is 3.02. The normalized spacial score (nSPS) is 12.2. The number of hydrogen-bond donors (Lipinski definition) is 1. The van der Waals surface area contributed by atoms with Gasteiger partial charge in [-0.25, -0.2) is 4.39 Å². The van der Waals surface area contributed by atoms with E-state index in [0.29, 0.717) is 11.1 Å². The van der Waals surface area contributed by atoms with Crippen molar-refractivity contribution >= 4 is 11.6 Å². The van der Waals surface area contributed by atoms with E-state index in [4.69, 9.17) is 11.6 Å². The summed E-state index contributed by atoms with van der Waals surface area (Å²) in [7, 11) is 0. The third kappa shape index (κ3) is 5.05. The molecule has 0 heterocycles. The van der Waals surface area contributed by atoms with Crippen LogP contribution in [0, 0.1) is 11.2 Å². The summed E-state index contributed by atoms with van der Waals surface area (Å²) in [5.74, 6) is -0.281. The molecule has 0 aliphatic carbocycles. The van der Waals surface area contributed by atoms with Gasteiger partial charge < -0.3 is 5.32 Å². The second kappa shape index (κ2) is 5.83. The van der Waals surface area contributed by atoms with Crippen molar-refractivity contribution in [1.82, 2.24) is 5.32 Å². The zero-order valence-electron chi connectivity index (χ0n) is 11.0. The molecule has 0 saturated carbocycles. The highest BCUT2D eigenvalue weighted by molar-refractivity contribution is 6.31. The molecule has 1 aromatic carbocycles. The van der Waals surface area contributed by atoms with Crippen LogP contribution in [0.4, 0.5) is 4.39 Å². The molecule has 0 saturated heterocycles. The van der Waals surface area contributed by atoms with Gasteiger partial charge in [0.2, 0.25) is 0 Å². The van der Waals surface area contributed by atoms with Crippen LogP contribution in [0.15, 0.2) is 18.2 Å². The van der Waals surface area contributed by atoms with Gasteiger partial charge in [0.15, 0.2) is 0 Å². The van der Waals surface area contributed by atoms with Crippen LogP contribution in [-0.4, -0.2) is 12.6 Å². The van der Waals surface area contributed by atoms with Gasteiger partial charge >= 0.3 is 0 Å². The minimum atomic E-state index is -0.281.